The van der Waals surface area contributed by atoms with E-state index < -0.39 is 0 Å². The van der Waals surface area contributed by atoms with Gasteiger partial charge < -0.3 is 14.6 Å². The van der Waals surface area contributed by atoms with Gasteiger partial charge in [0, 0.05) is 30.3 Å². The minimum Gasteiger partial charge on any atom is -0.378 e. The molecular formula is C20H20ClN3O2S. The van der Waals surface area contributed by atoms with Gasteiger partial charge in [0.2, 0.25) is 0 Å². The van der Waals surface area contributed by atoms with Crippen molar-refractivity contribution < 1.29 is 4.74 Å². The second kappa shape index (κ2) is 7.84. The highest BCUT2D eigenvalue weighted by Crippen LogP contribution is 2.20. The summed E-state index contributed by atoms with van der Waals surface area (Å²) in [6.07, 6.45) is 0.645. The monoisotopic (exact) mass is 401 g/mol. The summed E-state index contributed by atoms with van der Waals surface area (Å²) >= 11 is 11.7. The number of nitrogens with one attached hydrogen (secondary N) is 1. The number of halogens is 1. The lowest BCUT2D eigenvalue weighted by Gasteiger charge is -2.29. The molecule has 0 bridgehead atoms. The standard InChI is InChI=1S/C20H20ClN3O2S/c21-17-4-2-1-3-14(17)7-8-24-19(25)16-13-15(23-9-11-26-12-10-23)5-6-18(16)22-20(24)27/h1-6,13H,7-12H2,(H,22,27). The van der Waals surface area contributed by atoms with Crippen LogP contribution in [0.3, 0.4) is 0 Å². The molecule has 7 heteroatoms. The molecule has 1 aliphatic heterocycles. The number of H-pyrrole nitrogens is 1. The predicted octanol–water partition coefficient (Wildman–Crippen LogP) is 3.79. The molecular weight excluding hydrogens is 382 g/mol. The van der Waals surface area contributed by atoms with Crippen LogP contribution in [0.5, 0.6) is 0 Å². The van der Waals surface area contributed by atoms with Gasteiger partial charge in [0.05, 0.1) is 24.1 Å². The third kappa shape index (κ3) is 3.78. The number of hydrogen-bond donors (Lipinski definition) is 1. The summed E-state index contributed by atoms with van der Waals surface area (Å²) in [5, 5.41) is 1.35. The van der Waals surface area contributed by atoms with Gasteiger partial charge in [0.15, 0.2) is 4.77 Å². The first kappa shape index (κ1) is 18.2. The Morgan fingerprint density at radius 3 is 2.70 bits per heavy atom. The topological polar surface area (TPSA) is 50.3 Å². The molecule has 1 aliphatic rings. The number of anilines is 1. The van der Waals surface area contributed by atoms with Crippen LogP contribution in [0.2, 0.25) is 5.02 Å². The van der Waals surface area contributed by atoms with Gasteiger partial charge >= 0.3 is 0 Å². The number of morpholine rings is 1. The summed E-state index contributed by atoms with van der Waals surface area (Å²) in [6, 6.07) is 13.6. The molecule has 140 valence electrons. The summed E-state index contributed by atoms with van der Waals surface area (Å²) in [6.45, 7) is 3.55. The van der Waals surface area contributed by atoms with Crippen molar-refractivity contribution in [2.24, 2.45) is 0 Å². The molecule has 0 unspecified atom stereocenters. The van der Waals surface area contributed by atoms with E-state index in [9.17, 15) is 4.79 Å². The Hall–Kier alpha value is -2.15. The van der Waals surface area contributed by atoms with Crippen molar-refractivity contribution in [1.29, 1.82) is 0 Å². The van der Waals surface area contributed by atoms with Gasteiger partial charge in [0.1, 0.15) is 0 Å². The number of aromatic nitrogens is 2. The molecule has 1 N–H and O–H groups in total. The van der Waals surface area contributed by atoms with E-state index in [0.717, 1.165) is 29.9 Å². The van der Waals surface area contributed by atoms with Gasteiger partial charge in [-0.25, -0.2) is 0 Å². The number of benzene rings is 2. The van der Waals surface area contributed by atoms with E-state index in [0.29, 0.717) is 41.4 Å². The molecule has 1 saturated heterocycles. The van der Waals surface area contributed by atoms with Crippen LogP contribution in [0, 0.1) is 4.77 Å². The molecule has 27 heavy (non-hydrogen) atoms. The van der Waals surface area contributed by atoms with E-state index in [-0.39, 0.29) is 5.56 Å². The lowest BCUT2D eigenvalue weighted by molar-refractivity contribution is 0.122. The van der Waals surface area contributed by atoms with E-state index in [1.165, 1.54) is 0 Å². The van der Waals surface area contributed by atoms with Gasteiger partial charge in [-0.3, -0.25) is 9.36 Å². The number of ether oxygens (including phenoxy) is 1. The third-order valence-electron chi connectivity index (χ3n) is 4.90. The SMILES string of the molecule is O=c1c2cc(N3CCOCC3)ccc2[nH]c(=S)n1CCc1ccccc1Cl. The molecule has 4 rings (SSSR count). The van der Waals surface area contributed by atoms with Crippen LogP contribution in [-0.4, -0.2) is 35.9 Å². The number of aromatic amines is 1. The molecule has 2 aromatic carbocycles. The highest BCUT2D eigenvalue weighted by molar-refractivity contribution is 7.71. The highest BCUT2D eigenvalue weighted by Gasteiger charge is 2.13. The molecule has 0 amide bonds. The minimum absolute atomic E-state index is 0.0732. The van der Waals surface area contributed by atoms with E-state index in [1.54, 1.807) is 4.57 Å². The third-order valence-corrected chi connectivity index (χ3v) is 5.60. The Kier molecular flexibility index (Phi) is 5.29. The second-order valence-electron chi connectivity index (χ2n) is 6.56. The summed E-state index contributed by atoms with van der Waals surface area (Å²) in [4.78, 5) is 18.5. The highest BCUT2D eigenvalue weighted by atomic mass is 35.5. The Balaban J connectivity index is 1.69. The van der Waals surface area contributed by atoms with Crippen molar-refractivity contribution in [3.8, 4) is 0 Å². The lowest BCUT2D eigenvalue weighted by atomic mass is 10.1. The number of hydrogen-bond acceptors (Lipinski definition) is 4. The van der Waals surface area contributed by atoms with Gasteiger partial charge in [-0.15, -0.1) is 0 Å². The quantitative estimate of drug-likeness (QED) is 0.676. The summed E-state index contributed by atoms with van der Waals surface area (Å²) < 4.78 is 7.46. The fourth-order valence-electron chi connectivity index (χ4n) is 3.39. The normalized spacial score (nSPS) is 14.6. The molecule has 1 aromatic heterocycles. The number of rotatable bonds is 4. The van der Waals surface area contributed by atoms with Crippen LogP contribution in [0.1, 0.15) is 5.56 Å². The van der Waals surface area contributed by atoms with Crippen LogP contribution in [0.25, 0.3) is 10.9 Å². The minimum atomic E-state index is -0.0732. The summed E-state index contributed by atoms with van der Waals surface area (Å²) in [7, 11) is 0. The molecule has 0 radical (unpaired) electrons. The van der Waals surface area contributed by atoms with Crippen LogP contribution >= 0.6 is 23.8 Å². The molecule has 0 aliphatic carbocycles. The maximum absolute atomic E-state index is 13.1. The zero-order valence-corrected chi connectivity index (χ0v) is 16.4. The first-order valence-corrected chi connectivity index (χ1v) is 9.75. The van der Waals surface area contributed by atoms with Crippen molar-refractivity contribution in [3.05, 3.63) is 68.2 Å². The maximum Gasteiger partial charge on any atom is 0.262 e. The Morgan fingerprint density at radius 2 is 1.93 bits per heavy atom. The fourth-order valence-corrected chi connectivity index (χ4v) is 3.91. The molecule has 0 spiro atoms. The molecule has 0 saturated carbocycles. The molecule has 1 fully saturated rings. The zero-order chi connectivity index (χ0) is 18.8. The first-order chi connectivity index (χ1) is 13.1. The van der Waals surface area contributed by atoms with Gasteiger partial charge in [0.25, 0.3) is 5.56 Å². The maximum atomic E-state index is 13.1. The second-order valence-corrected chi connectivity index (χ2v) is 7.35. The van der Waals surface area contributed by atoms with Crippen LogP contribution in [-0.2, 0) is 17.7 Å². The Morgan fingerprint density at radius 1 is 1.15 bits per heavy atom. The van der Waals surface area contributed by atoms with Crippen molar-refractivity contribution in [2.75, 3.05) is 31.2 Å². The zero-order valence-electron chi connectivity index (χ0n) is 14.8. The summed E-state index contributed by atoms with van der Waals surface area (Å²) in [5.41, 5.74) is 2.72. The average Bonchev–Trinajstić information content (AvgIpc) is 2.69. The predicted molar refractivity (Wildman–Crippen MR) is 112 cm³/mol. The van der Waals surface area contributed by atoms with Crippen molar-refractivity contribution in [2.45, 2.75) is 13.0 Å². The van der Waals surface area contributed by atoms with E-state index in [2.05, 4.69) is 9.88 Å². The van der Waals surface area contributed by atoms with Crippen LogP contribution in [0.4, 0.5) is 5.69 Å². The van der Waals surface area contributed by atoms with Gasteiger partial charge in [-0.1, -0.05) is 29.8 Å². The van der Waals surface area contributed by atoms with E-state index in [1.807, 2.05) is 42.5 Å². The van der Waals surface area contributed by atoms with Crippen molar-refractivity contribution in [3.63, 3.8) is 0 Å². The average molecular weight is 402 g/mol. The number of aryl methyl sites for hydroxylation is 1. The molecule has 0 atom stereocenters. The van der Waals surface area contributed by atoms with Crippen molar-refractivity contribution >= 4 is 40.4 Å². The van der Waals surface area contributed by atoms with E-state index >= 15 is 0 Å². The number of fused-ring (bicyclic) bond motifs is 1. The smallest absolute Gasteiger partial charge is 0.262 e. The first-order valence-electron chi connectivity index (χ1n) is 8.96. The lowest BCUT2D eigenvalue weighted by Crippen LogP contribution is -2.36. The van der Waals surface area contributed by atoms with Crippen molar-refractivity contribution in [1.82, 2.24) is 9.55 Å². The Labute approximate surface area is 167 Å². The van der Waals surface area contributed by atoms with Gasteiger partial charge in [-0.05, 0) is 48.5 Å². The Bertz CT molecular complexity index is 1090. The van der Waals surface area contributed by atoms with E-state index in [4.69, 9.17) is 28.6 Å². The molecule has 2 heterocycles. The summed E-state index contributed by atoms with van der Waals surface area (Å²) in [5.74, 6) is 0. The van der Waals surface area contributed by atoms with Gasteiger partial charge in [-0.2, -0.15) is 0 Å². The number of nitrogens with zero attached hydrogens (tertiary/aromatic N) is 2. The van der Waals surface area contributed by atoms with Crippen LogP contribution < -0.4 is 10.5 Å². The molecule has 3 aromatic rings. The fraction of sp³-hybridized carbons (Fsp3) is 0.300. The van der Waals surface area contributed by atoms with Crippen LogP contribution in [0.15, 0.2) is 47.3 Å². The largest absolute Gasteiger partial charge is 0.378 e. The molecule has 5 nitrogen and oxygen atoms in total.